The smallest absolute Gasteiger partial charge is 0.223 e. The molecule has 1 aromatic heterocycles. The molecule has 1 saturated carbocycles. The summed E-state index contributed by atoms with van der Waals surface area (Å²) in [5.41, 5.74) is 4.50. The molecule has 27 heavy (non-hydrogen) atoms. The van der Waals surface area contributed by atoms with Crippen LogP contribution in [0.2, 0.25) is 0 Å². The van der Waals surface area contributed by atoms with Crippen LogP contribution in [0.5, 0.6) is 5.75 Å². The second-order valence-corrected chi connectivity index (χ2v) is 7.25. The molecule has 0 unspecified atom stereocenters. The van der Waals surface area contributed by atoms with Crippen LogP contribution in [0, 0.1) is 19.8 Å². The van der Waals surface area contributed by atoms with Crippen LogP contribution >= 0.6 is 0 Å². The fourth-order valence-corrected chi connectivity index (χ4v) is 3.22. The zero-order valence-corrected chi connectivity index (χ0v) is 15.9. The highest BCUT2D eigenvalue weighted by Crippen LogP contribution is 2.29. The number of amides is 1. The first-order valence-corrected chi connectivity index (χ1v) is 9.54. The Morgan fingerprint density at radius 1 is 1.19 bits per heavy atom. The highest BCUT2D eigenvalue weighted by Gasteiger charge is 2.29. The molecule has 0 atom stereocenters. The summed E-state index contributed by atoms with van der Waals surface area (Å²) in [6, 6.07) is 14.2. The molecule has 1 fully saturated rings. The first kappa shape index (κ1) is 17.6. The Balaban J connectivity index is 1.47. The molecule has 5 heteroatoms. The van der Waals surface area contributed by atoms with Crippen LogP contribution in [0.25, 0.3) is 11.0 Å². The lowest BCUT2D eigenvalue weighted by atomic mass is 10.1. The molecule has 3 aromatic rings. The van der Waals surface area contributed by atoms with Crippen LogP contribution in [-0.2, 0) is 17.9 Å². The molecule has 1 aliphatic carbocycles. The van der Waals surface area contributed by atoms with E-state index in [1.54, 1.807) is 0 Å². The first-order valence-electron chi connectivity index (χ1n) is 9.54. The number of hydrogen-bond acceptors (Lipinski definition) is 3. The fourth-order valence-electron chi connectivity index (χ4n) is 3.22. The second-order valence-electron chi connectivity index (χ2n) is 7.25. The van der Waals surface area contributed by atoms with E-state index in [-0.39, 0.29) is 11.8 Å². The molecule has 5 nitrogen and oxygen atoms in total. The van der Waals surface area contributed by atoms with Gasteiger partial charge in [-0.1, -0.05) is 18.2 Å². The Morgan fingerprint density at radius 2 is 2.00 bits per heavy atom. The van der Waals surface area contributed by atoms with Gasteiger partial charge < -0.3 is 14.6 Å². The van der Waals surface area contributed by atoms with Crippen molar-refractivity contribution in [3.8, 4) is 5.75 Å². The number of nitrogens with zero attached hydrogens (tertiary/aromatic N) is 2. The molecule has 140 valence electrons. The molecule has 1 aliphatic rings. The van der Waals surface area contributed by atoms with Gasteiger partial charge in [-0.15, -0.1) is 0 Å². The Kier molecular flexibility index (Phi) is 4.84. The summed E-state index contributed by atoms with van der Waals surface area (Å²) in [7, 11) is 0. The van der Waals surface area contributed by atoms with Crippen molar-refractivity contribution in [2.45, 2.75) is 39.8 Å². The number of carbonyl (C=O) groups excluding carboxylic acids is 1. The maximum atomic E-state index is 12.0. The molecule has 0 bridgehead atoms. The molecule has 4 rings (SSSR count). The lowest BCUT2D eigenvalue weighted by Gasteiger charge is -2.12. The summed E-state index contributed by atoms with van der Waals surface area (Å²) in [5, 5.41) is 3.02. The number of fused-ring (bicyclic) bond motifs is 1. The fraction of sp³-hybridized carbons (Fsp3) is 0.364. The number of hydrogen-bond donors (Lipinski definition) is 1. The zero-order valence-electron chi connectivity index (χ0n) is 15.9. The zero-order chi connectivity index (χ0) is 18.8. The van der Waals surface area contributed by atoms with Crippen molar-refractivity contribution in [3.05, 3.63) is 59.4 Å². The van der Waals surface area contributed by atoms with Crippen molar-refractivity contribution in [1.29, 1.82) is 0 Å². The van der Waals surface area contributed by atoms with E-state index in [9.17, 15) is 4.79 Å². The third-order valence-corrected chi connectivity index (χ3v) is 5.16. The van der Waals surface area contributed by atoms with Crippen LogP contribution in [-0.4, -0.2) is 22.1 Å². The van der Waals surface area contributed by atoms with Crippen molar-refractivity contribution in [1.82, 2.24) is 14.9 Å². The van der Waals surface area contributed by atoms with E-state index in [1.165, 1.54) is 11.1 Å². The minimum atomic E-state index is 0.139. The minimum absolute atomic E-state index is 0.139. The highest BCUT2D eigenvalue weighted by molar-refractivity contribution is 5.81. The van der Waals surface area contributed by atoms with Gasteiger partial charge in [0.15, 0.2) is 0 Å². The number of aromatic nitrogens is 2. The summed E-state index contributed by atoms with van der Waals surface area (Å²) in [5.74, 6) is 2.09. The van der Waals surface area contributed by atoms with Crippen molar-refractivity contribution < 1.29 is 9.53 Å². The predicted octanol–water partition coefficient (Wildman–Crippen LogP) is 3.76. The Bertz CT molecular complexity index is 973. The van der Waals surface area contributed by atoms with E-state index >= 15 is 0 Å². The average Bonchev–Trinajstić information content (AvgIpc) is 3.46. The average molecular weight is 363 g/mol. The summed E-state index contributed by atoms with van der Waals surface area (Å²) in [4.78, 5) is 16.7. The topological polar surface area (TPSA) is 56.1 Å². The van der Waals surface area contributed by atoms with Gasteiger partial charge in [0, 0.05) is 5.92 Å². The number of carbonyl (C=O) groups is 1. The van der Waals surface area contributed by atoms with Crippen molar-refractivity contribution in [2.24, 2.45) is 5.92 Å². The first-order chi connectivity index (χ1) is 13.1. The molecular formula is C22H25N3O2. The molecule has 0 radical (unpaired) electrons. The largest absolute Gasteiger partial charge is 0.492 e. The van der Waals surface area contributed by atoms with E-state index < -0.39 is 0 Å². The van der Waals surface area contributed by atoms with Crippen molar-refractivity contribution >= 4 is 16.9 Å². The molecular weight excluding hydrogens is 338 g/mol. The number of ether oxygens (including phenoxy) is 1. The van der Waals surface area contributed by atoms with Crippen LogP contribution < -0.4 is 10.1 Å². The minimum Gasteiger partial charge on any atom is -0.492 e. The number of imidazole rings is 1. The monoisotopic (exact) mass is 363 g/mol. The van der Waals surface area contributed by atoms with Gasteiger partial charge in [-0.05, 0) is 62.1 Å². The number of para-hydroxylation sites is 2. The lowest BCUT2D eigenvalue weighted by molar-refractivity contribution is -0.122. The second kappa shape index (κ2) is 7.43. The van der Waals surface area contributed by atoms with Gasteiger partial charge >= 0.3 is 0 Å². The van der Waals surface area contributed by atoms with Gasteiger partial charge in [-0.25, -0.2) is 4.98 Å². The van der Waals surface area contributed by atoms with Gasteiger partial charge in [0.2, 0.25) is 5.91 Å². The van der Waals surface area contributed by atoms with Crippen LogP contribution in [0.1, 0.15) is 29.8 Å². The maximum Gasteiger partial charge on any atom is 0.223 e. The molecule has 0 aliphatic heterocycles. The van der Waals surface area contributed by atoms with Gasteiger partial charge in [-0.2, -0.15) is 0 Å². The van der Waals surface area contributed by atoms with Gasteiger partial charge in [0.05, 0.1) is 24.1 Å². The maximum absolute atomic E-state index is 12.0. The number of aryl methyl sites for hydroxylation is 2. The summed E-state index contributed by atoms with van der Waals surface area (Å²) < 4.78 is 8.10. The Hall–Kier alpha value is -2.82. The number of rotatable bonds is 7. The normalized spacial score (nSPS) is 13.7. The van der Waals surface area contributed by atoms with Crippen LogP contribution in [0.3, 0.4) is 0 Å². The van der Waals surface area contributed by atoms with Crippen LogP contribution in [0.15, 0.2) is 42.5 Å². The number of benzene rings is 2. The SMILES string of the molecule is Cc1ccc(OCCn2c(CNC(=O)C3CC3)nc3ccccc32)cc1C. The Labute approximate surface area is 159 Å². The summed E-state index contributed by atoms with van der Waals surface area (Å²) in [6.45, 7) is 5.87. The van der Waals surface area contributed by atoms with Gasteiger partial charge in [0.25, 0.3) is 0 Å². The van der Waals surface area contributed by atoms with E-state index in [4.69, 9.17) is 9.72 Å². The molecule has 0 spiro atoms. The Morgan fingerprint density at radius 3 is 2.78 bits per heavy atom. The molecule has 1 amide bonds. The van der Waals surface area contributed by atoms with E-state index in [0.717, 1.165) is 35.4 Å². The third-order valence-electron chi connectivity index (χ3n) is 5.16. The quantitative estimate of drug-likeness (QED) is 0.695. The standard InChI is InChI=1S/C22H25N3O2/c1-15-7-10-18(13-16(15)2)27-12-11-25-20-6-4-3-5-19(20)24-21(25)14-23-22(26)17-8-9-17/h3-7,10,13,17H,8-9,11-12,14H2,1-2H3,(H,23,26). The van der Waals surface area contributed by atoms with Gasteiger partial charge in [0.1, 0.15) is 18.2 Å². The third kappa shape index (κ3) is 3.97. The number of nitrogens with one attached hydrogen (secondary N) is 1. The van der Waals surface area contributed by atoms with E-state index in [0.29, 0.717) is 19.7 Å². The summed E-state index contributed by atoms with van der Waals surface area (Å²) >= 11 is 0. The lowest BCUT2D eigenvalue weighted by Crippen LogP contribution is -2.26. The predicted molar refractivity (Wildman–Crippen MR) is 106 cm³/mol. The van der Waals surface area contributed by atoms with Crippen molar-refractivity contribution in [2.75, 3.05) is 6.61 Å². The molecule has 2 aromatic carbocycles. The summed E-state index contributed by atoms with van der Waals surface area (Å²) in [6.07, 6.45) is 2.01. The van der Waals surface area contributed by atoms with Crippen LogP contribution in [0.4, 0.5) is 0 Å². The highest BCUT2D eigenvalue weighted by atomic mass is 16.5. The molecule has 0 saturated heterocycles. The van der Waals surface area contributed by atoms with Crippen molar-refractivity contribution in [3.63, 3.8) is 0 Å². The molecule has 1 N–H and O–H groups in total. The molecule has 1 heterocycles. The van der Waals surface area contributed by atoms with Gasteiger partial charge in [-0.3, -0.25) is 4.79 Å². The van der Waals surface area contributed by atoms with E-state index in [2.05, 4.69) is 41.9 Å². The van der Waals surface area contributed by atoms with E-state index in [1.807, 2.05) is 24.3 Å².